The Morgan fingerprint density at radius 1 is 1.56 bits per heavy atom. The summed E-state index contributed by atoms with van der Waals surface area (Å²) >= 11 is 0. The van der Waals surface area contributed by atoms with Gasteiger partial charge in [0.25, 0.3) is 0 Å². The molecule has 0 bridgehead atoms. The van der Waals surface area contributed by atoms with Crippen molar-refractivity contribution in [3.05, 3.63) is 24.0 Å². The molecular weight excluding hydrogens is 232 g/mol. The number of ketones is 1. The zero-order valence-corrected chi connectivity index (χ0v) is 10.5. The number of aromatic nitrogens is 1. The van der Waals surface area contributed by atoms with Crippen LogP contribution in [0, 0.1) is 5.41 Å². The van der Waals surface area contributed by atoms with E-state index in [4.69, 9.17) is 15.2 Å². The number of pyridine rings is 1. The smallest absolute Gasteiger partial charge is 0.192 e. The Balaban J connectivity index is 2.33. The van der Waals surface area contributed by atoms with Crippen LogP contribution in [0.4, 0.5) is 0 Å². The SMILES string of the molecule is COc1cccnc1C(=O)C1(CN)CCOCC1. The van der Waals surface area contributed by atoms with E-state index < -0.39 is 5.41 Å². The van der Waals surface area contributed by atoms with Crippen LogP contribution in [0.15, 0.2) is 18.3 Å². The number of methoxy groups -OCH3 is 1. The molecule has 2 N–H and O–H groups in total. The fraction of sp³-hybridized carbons (Fsp3) is 0.538. The van der Waals surface area contributed by atoms with E-state index in [9.17, 15) is 4.79 Å². The molecule has 2 heterocycles. The standard InChI is InChI=1S/C13H18N2O3/c1-17-10-3-2-6-15-11(10)12(16)13(9-14)4-7-18-8-5-13/h2-3,6H,4-5,7-9,14H2,1H3. The maximum atomic E-state index is 12.7. The number of ether oxygens (including phenoxy) is 2. The average Bonchev–Trinajstić information content (AvgIpc) is 2.47. The number of rotatable bonds is 4. The molecule has 98 valence electrons. The van der Waals surface area contributed by atoms with Crippen molar-refractivity contribution in [1.82, 2.24) is 4.98 Å². The van der Waals surface area contributed by atoms with E-state index in [1.165, 1.54) is 7.11 Å². The van der Waals surface area contributed by atoms with Gasteiger partial charge in [0, 0.05) is 26.0 Å². The van der Waals surface area contributed by atoms with Gasteiger partial charge >= 0.3 is 0 Å². The second kappa shape index (κ2) is 5.46. The van der Waals surface area contributed by atoms with Crippen molar-refractivity contribution in [2.75, 3.05) is 26.9 Å². The molecule has 0 saturated carbocycles. The average molecular weight is 250 g/mol. The lowest BCUT2D eigenvalue weighted by Gasteiger charge is -2.34. The number of Topliss-reactive ketones (excluding diaryl/α,β-unsaturated/α-hetero) is 1. The van der Waals surface area contributed by atoms with Gasteiger partial charge in [-0.05, 0) is 25.0 Å². The first-order chi connectivity index (χ1) is 8.73. The summed E-state index contributed by atoms with van der Waals surface area (Å²) < 4.78 is 10.5. The van der Waals surface area contributed by atoms with Crippen molar-refractivity contribution in [3.8, 4) is 5.75 Å². The number of carbonyl (C=O) groups is 1. The van der Waals surface area contributed by atoms with E-state index in [2.05, 4.69) is 4.98 Å². The summed E-state index contributed by atoms with van der Waals surface area (Å²) in [4.78, 5) is 16.8. The maximum Gasteiger partial charge on any atom is 0.192 e. The summed E-state index contributed by atoms with van der Waals surface area (Å²) in [6.07, 6.45) is 2.88. The maximum absolute atomic E-state index is 12.7. The Labute approximate surface area is 106 Å². The highest BCUT2D eigenvalue weighted by molar-refractivity contribution is 6.01. The van der Waals surface area contributed by atoms with Crippen molar-refractivity contribution in [2.45, 2.75) is 12.8 Å². The van der Waals surface area contributed by atoms with Crippen LogP contribution in [-0.2, 0) is 4.74 Å². The van der Waals surface area contributed by atoms with Gasteiger partial charge in [-0.15, -0.1) is 0 Å². The molecule has 18 heavy (non-hydrogen) atoms. The van der Waals surface area contributed by atoms with Gasteiger partial charge in [-0.1, -0.05) is 0 Å². The largest absolute Gasteiger partial charge is 0.494 e. The van der Waals surface area contributed by atoms with Gasteiger partial charge in [0.2, 0.25) is 0 Å². The van der Waals surface area contributed by atoms with Crippen LogP contribution in [0.5, 0.6) is 5.75 Å². The van der Waals surface area contributed by atoms with Crippen molar-refractivity contribution < 1.29 is 14.3 Å². The van der Waals surface area contributed by atoms with Gasteiger partial charge < -0.3 is 15.2 Å². The first-order valence-corrected chi connectivity index (χ1v) is 6.05. The number of hydrogen-bond donors (Lipinski definition) is 1. The minimum atomic E-state index is -0.556. The third-order valence-electron chi connectivity index (χ3n) is 3.53. The monoisotopic (exact) mass is 250 g/mol. The fourth-order valence-corrected chi connectivity index (χ4v) is 2.26. The van der Waals surface area contributed by atoms with Crippen LogP contribution in [0.25, 0.3) is 0 Å². The molecule has 1 aromatic heterocycles. The summed E-state index contributed by atoms with van der Waals surface area (Å²) in [6.45, 7) is 1.45. The minimum absolute atomic E-state index is 0.0363. The molecule has 0 unspecified atom stereocenters. The Morgan fingerprint density at radius 2 is 2.28 bits per heavy atom. The quantitative estimate of drug-likeness (QED) is 0.808. The lowest BCUT2D eigenvalue weighted by atomic mass is 9.75. The molecule has 0 radical (unpaired) electrons. The van der Waals surface area contributed by atoms with Gasteiger partial charge in [0.15, 0.2) is 5.78 Å². The van der Waals surface area contributed by atoms with E-state index in [1.54, 1.807) is 18.3 Å². The third-order valence-corrected chi connectivity index (χ3v) is 3.53. The molecule has 1 aliphatic rings. The third kappa shape index (κ3) is 2.23. The van der Waals surface area contributed by atoms with Crippen molar-refractivity contribution in [3.63, 3.8) is 0 Å². The first-order valence-electron chi connectivity index (χ1n) is 6.05. The zero-order chi connectivity index (χ0) is 13.0. The molecular formula is C13H18N2O3. The molecule has 0 aromatic carbocycles. The summed E-state index contributed by atoms with van der Waals surface area (Å²) in [5.41, 5.74) is 5.64. The van der Waals surface area contributed by atoms with Crippen LogP contribution in [0.1, 0.15) is 23.3 Å². The Kier molecular flexibility index (Phi) is 3.93. The number of hydrogen-bond acceptors (Lipinski definition) is 5. The topological polar surface area (TPSA) is 74.4 Å². The van der Waals surface area contributed by atoms with E-state index >= 15 is 0 Å². The molecule has 1 fully saturated rings. The first kappa shape index (κ1) is 13.0. The van der Waals surface area contributed by atoms with Crippen LogP contribution < -0.4 is 10.5 Å². The molecule has 0 atom stereocenters. The summed E-state index contributed by atoms with van der Waals surface area (Å²) in [5, 5.41) is 0. The van der Waals surface area contributed by atoms with Crippen molar-refractivity contribution in [2.24, 2.45) is 11.1 Å². The summed E-state index contributed by atoms with van der Waals surface area (Å²) in [5.74, 6) is 0.465. The highest BCUT2D eigenvalue weighted by atomic mass is 16.5. The van der Waals surface area contributed by atoms with Gasteiger partial charge in [0.05, 0.1) is 12.5 Å². The lowest BCUT2D eigenvalue weighted by molar-refractivity contribution is 0.0195. The van der Waals surface area contributed by atoms with Gasteiger partial charge in [-0.3, -0.25) is 4.79 Å². The van der Waals surface area contributed by atoms with Gasteiger partial charge in [0.1, 0.15) is 11.4 Å². The molecule has 0 spiro atoms. The Hall–Kier alpha value is -1.46. The molecule has 0 aliphatic carbocycles. The molecule has 1 aliphatic heterocycles. The van der Waals surface area contributed by atoms with E-state index in [0.717, 1.165) is 0 Å². The molecule has 1 aromatic rings. The lowest BCUT2D eigenvalue weighted by Crippen LogP contribution is -2.43. The van der Waals surface area contributed by atoms with Crippen LogP contribution >= 0.6 is 0 Å². The van der Waals surface area contributed by atoms with E-state index in [0.29, 0.717) is 44.0 Å². The van der Waals surface area contributed by atoms with Gasteiger partial charge in [-0.25, -0.2) is 4.98 Å². The highest BCUT2D eigenvalue weighted by Crippen LogP contribution is 2.34. The highest BCUT2D eigenvalue weighted by Gasteiger charge is 2.40. The molecule has 2 rings (SSSR count). The predicted octanol–water partition coefficient (Wildman–Crippen LogP) is 1.03. The Bertz CT molecular complexity index is 428. The second-order valence-electron chi connectivity index (χ2n) is 4.48. The summed E-state index contributed by atoms with van der Waals surface area (Å²) in [7, 11) is 1.53. The second-order valence-corrected chi connectivity index (χ2v) is 4.48. The van der Waals surface area contributed by atoms with Crippen molar-refractivity contribution in [1.29, 1.82) is 0 Å². The van der Waals surface area contributed by atoms with Gasteiger partial charge in [-0.2, -0.15) is 0 Å². The fourth-order valence-electron chi connectivity index (χ4n) is 2.26. The molecule has 5 nitrogen and oxygen atoms in total. The number of nitrogens with zero attached hydrogens (tertiary/aromatic N) is 1. The van der Waals surface area contributed by atoms with Crippen molar-refractivity contribution >= 4 is 5.78 Å². The minimum Gasteiger partial charge on any atom is -0.494 e. The van der Waals surface area contributed by atoms with E-state index in [-0.39, 0.29) is 5.78 Å². The summed E-state index contributed by atoms with van der Waals surface area (Å²) in [6, 6.07) is 3.48. The number of carbonyl (C=O) groups excluding carboxylic acids is 1. The van der Waals surface area contributed by atoms with Crippen LogP contribution in [-0.4, -0.2) is 37.6 Å². The predicted molar refractivity (Wildman–Crippen MR) is 66.7 cm³/mol. The molecule has 5 heteroatoms. The molecule has 0 amide bonds. The normalized spacial score (nSPS) is 18.3. The van der Waals surface area contributed by atoms with Crippen LogP contribution in [0.2, 0.25) is 0 Å². The zero-order valence-electron chi connectivity index (χ0n) is 10.5. The number of nitrogens with two attached hydrogens (primary N) is 1. The Morgan fingerprint density at radius 3 is 2.89 bits per heavy atom. The molecule has 1 saturated heterocycles. The van der Waals surface area contributed by atoms with Crippen LogP contribution in [0.3, 0.4) is 0 Å². The van der Waals surface area contributed by atoms with E-state index in [1.807, 2.05) is 0 Å².